The van der Waals surface area contributed by atoms with Gasteiger partial charge in [0.1, 0.15) is 5.75 Å². The number of ether oxygens (including phenoxy) is 1. The molecule has 0 aromatic heterocycles. The van der Waals surface area contributed by atoms with E-state index < -0.39 is 0 Å². The van der Waals surface area contributed by atoms with E-state index in [2.05, 4.69) is 22.7 Å². The summed E-state index contributed by atoms with van der Waals surface area (Å²) >= 11 is 10.5. The van der Waals surface area contributed by atoms with Gasteiger partial charge in [-0.2, -0.15) is 5.10 Å². The highest BCUT2D eigenvalue weighted by Gasteiger charge is 1.99. The van der Waals surface area contributed by atoms with Gasteiger partial charge in [0.05, 0.1) is 18.3 Å². The molecule has 0 heterocycles. The summed E-state index contributed by atoms with van der Waals surface area (Å²) in [5, 5.41) is 4.44. The average molecular weight is 244 g/mol. The zero-order valence-corrected chi connectivity index (χ0v) is 9.60. The highest BCUT2D eigenvalue weighted by molar-refractivity contribution is 7.80. The quantitative estimate of drug-likeness (QED) is 0.480. The fourth-order valence-corrected chi connectivity index (χ4v) is 1.25. The minimum absolute atomic E-state index is 0.117. The Balaban J connectivity index is 2.75. The third kappa shape index (κ3) is 3.73. The second kappa shape index (κ2) is 5.53. The Hall–Kier alpha value is -1.33. The molecular weight excluding hydrogens is 234 g/mol. The van der Waals surface area contributed by atoms with E-state index >= 15 is 0 Å². The second-order valence-electron chi connectivity index (χ2n) is 2.63. The van der Waals surface area contributed by atoms with E-state index in [1.54, 1.807) is 25.5 Å². The van der Waals surface area contributed by atoms with Crippen LogP contribution in [0.2, 0.25) is 5.02 Å². The Kier molecular flexibility index (Phi) is 4.33. The van der Waals surface area contributed by atoms with E-state index in [4.69, 9.17) is 22.1 Å². The standard InChI is InChI=1S/C9H10ClN3OS/c1-14-8-3-2-6(4-7(8)10)5-12-13-9(11)15/h2-5H,1H3,(H3,11,13,15)/b12-5+. The Morgan fingerprint density at radius 2 is 2.40 bits per heavy atom. The van der Waals surface area contributed by atoms with Crippen molar-refractivity contribution in [2.24, 2.45) is 10.8 Å². The van der Waals surface area contributed by atoms with E-state index in [1.807, 2.05) is 6.07 Å². The molecule has 0 atom stereocenters. The average Bonchev–Trinajstić information content (AvgIpc) is 2.17. The summed E-state index contributed by atoms with van der Waals surface area (Å²) in [6.45, 7) is 0. The monoisotopic (exact) mass is 243 g/mol. The van der Waals surface area contributed by atoms with Crippen molar-refractivity contribution in [2.75, 3.05) is 7.11 Å². The first-order chi connectivity index (χ1) is 7.13. The predicted molar refractivity (Wildman–Crippen MR) is 65.5 cm³/mol. The first kappa shape index (κ1) is 11.7. The van der Waals surface area contributed by atoms with Gasteiger partial charge >= 0.3 is 0 Å². The number of hydrazone groups is 1. The van der Waals surface area contributed by atoms with Crippen LogP contribution in [0.5, 0.6) is 5.75 Å². The van der Waals surface area contributed by atoms with Crippen molar-refractivity contribution in [2.45, 2.75) is 0 Å². The molecule has 0 amide bonds. The maximum Gasteiger partial charge on any atom is 0.184 e. The molecule has 0 saturated carbocycles. The van der Waals surface area contributed by atoms with Crippen molar-refractivity contribution in [1.29, 1.82) is 0 Å². The van der Waals surface area contributed by atoms with Gasteiger partial charge in [0.2, 0.25) is 0 Å². The van der Waals surface area contributed by atoms with Gasteiger partial charge in [0.25, 0.3) is 0 Å². The number of methoxy groups -OCH3 is 1. The summed E-state index contributed by atoms with van der Waals surface area (Å²) in [5.74, 6) is 0.621. The van der Waals surface area contributed by atoms with Gasteiger partial charge in [-0.25, -0.2) is 0 Å². The molecule has 0 bridgehead atoms. The number of nitrogens with two attached hydrogens (primary N) is 1. The zero-order valence-electron chi connectivity index (χ0n) is 8.03. The van der Waals surface area contributed by atoms with Gasteiger partial charge in [0.15, 0.2) is 5.11 Å². The molecule has 0 aliphatic rings. The first-order valence-electron chi connectivity index (χ1n) is 4.05. The highest BCUT2D eigenvalue weighted by Crippen LogP contribution is 2.24. The van der Waals surface area contributed by atoms with E-state index in [9.17, 15) is 0 Å². The van der Waals surface area contributed by atoms with Crippen LogP contribution in [0.4, 0.5) is 0 Å². The lowest BCUT2D eigenvalue weighted by atomic mass is 10.2. The van der Waals surface area contributed by atoms with Crippen LogP contribution in [0.3, 0.4) is 0 Å². The molecule has 0 radical (unpaired) electrons. The lowest BCUT2D eigenvalue weighted by Crippen LogP contribution is -2.23. The van der Waals surface area contributed by atoms with Crippen LogP contribution >= 0.6 is 23.8 Å². The number of hydrogen-bond acceptors (Lipinski definition) is 3. The van der Waals surface area contributed by atoms with E-state index in [0.717, 1.165) is 5.56 Å². The van der Waals surface area contributed by atoms with Crippen LogP contribution in [-0.2, 0) is 0 Å². The smallest absolute Gasteiger partial charge is 0.184 e. The Bertz CT molecular complexity index is 395. The van der Waals surface area contributed by atoms with E-state index in [0.29, 0.717) is 10.8 Å². The number of benzene rings is 1. The summed E-state index contributed by atoms with van der Waals surface area (Å²) in [4.78, 5) is 0. The molecule has 80 valence electrons. The summed E-state index contributed by atoms with van der Waals surface area (Å²) in [6, 6.07) is 5.30. The molecule has 0 fully saturated rings. The second-order valence-corrected chi connectivity index (χ2v) is 3.48. The zero-order chi connectivity index (χ0) is 11.3. The van der Waals surface area contributed by atoms with Gasteiger partial charge in [0, 0.05) is 0 Å². The predicted octanol–water partition coefficient (Wildman–Crippen LogP) is 1.52. The minimum Gasteiger partial charge on any atom is -0.495 e. The SMILES string of the molecule is COc1ccc(/C=N/NC(N)=S)cc1Cl. The summed E-state index contributed by atoms with van der Waals surface area (Å²) in [5.41, 5.74) is 8.46. The fourth-order valence-electron chi connectivity index (χ4n) is 0.933. The van der Waals surface area contributed by atoms with Crippen molar-refractivity contribution >= 4 is 35.1 Å². The minimum atomic E-state index is 0.117. The lowest BCUT2D eigenvalue weighted by molar-refractivity contribution is 0.415. The van der Waals surface area contributed by atoms with Crippen LogP contribution in [-0.4, -0.2) is 18.4 Å². The number of halogens is 1. The third-order valence-electron chi connectivity index (χ3n) is 1.56. The van der Waals surface area contributed by atoms with Crippen molar-refractivity contribution in [1.82, 2.24) is 5.43 Å². The number of rotatable bonds is 3. The van der Waals surface area contributed by atoms with Crippen LogP contribution in [0, 0.1) is 0 Å². The van der Waals surface area contributed by atoms with Crippen LogP contribution in [0.25, 0.3) is 0 Å². The van der Waals surface area contributed by atoms with Crippen molar-refractivity contribution in [3.05, 3.63) is 28.8 Å². The highest BCUT2D eigenvalue weighted by atomic mass is 35.5. The summed E-state index contributed by atoms with van der Waals surface area (Å²) in [7, 11) is 1.56. The van der Waals surface area contributed by atoms with Crippen molar-refractivity contribution in [3.8, 4) is 5.75 Å². The van der Waals surface area contributed by atoms with Crippen LogP contribution in [0.1, 0.15) is 5.56 Å². The maximum absolute atomic E-state index is 5.91. The molecule has 1 aromatic rings. The third-order valence-corrected chi connectivity index (χ3v) is 1.95. The van der Waals surface area contributed by atoms with E-state index in [-0.39, 0.29) is 5.11 Å². The molecule has 4 nitrogen and oxygen atoms in total. The first-order valence-corrected chi connectivity index (χ1v) is 4.84. The van der Waals surface area contributed by atoms with Gasteiger partial charge in [-0.3, -0.25) is 5.43 Å². The van der Waals surface area contributed by atoms with Gasteiger partial charge in [-0.1, -0.05) is 11.6 Å². The Labute approximate surface area is 98.1 Å². The van der Waals surface area contributed by atoms with Crippen molar-refractivity contribution < 1.29 is 4.74 Å². The fraction of sp³-hybridized carbons (Fsp3) is 0.111. The summed E-state index contributed by atoms with van der Waals surface area (Å²) in [6.07, 6.45) is 1.56. The maximum atomic E-state index is 5.91. The van der Waals surface area contributed by atoms with Gasteiger partial charge in [-0.05, 0) is 36.0 Å². The normalized spacial score (nSPS) is 10.3. The molecule has 6 heteroatoms. The van der Waals surface area contributed by atoms with Crippen molar-refractivity contribution in [3.63, 3.8) is 0 Å². The molecule has 0 saturated heterocycles. The summed E-state index contributed by atoms with van der Waals surface area (Å²) < 4.78 is 5.01. The number of thiocarbonyl (C=S) groups is 1. The lowest BCUT2D eigenvalue weighted by Gasteiger charge is -2.02. The molecule has 0 spiro atoms. The molecule has 0 unspecified atom stereocenters. The van der Waals surface area contributed by atoms with Crippen LogP contribution < -0.4 is 15.9 Å². The molecule has 1 aromatic carbocycles. The molecular formula is C9H10ClN3OS. The Morgan fingerprint density at radius 1 is 1.67 bits per heavy atom. The molecule has 1 rings (SSSR count). The molecule has 0 aliphatic heterocycles. The number of nitrogens with zero attached hydrogens (tertiary/aromatic N) is 1. The Morgan fingerprint density at radius 3 is 2.93 bits per heavy atom. The number of nitrogens with one attached hydrogen (secondary N) is 1. The van der Waals surface area contributed by atoms with Gasteiger partial charge in [-0.15, -0.1) is 0 Å². The number of hydrogen-bond donors (Lipinski definition) is 2. The topological polar surface area (TPSA) is 59.6 Å². The molecule has 15 heavy (non-hydrogen) atoms. The van der Waals surface area contributed by atoms with E-state index in [1.165, 1.54) is 0 Å². The largest absolute Gasteiger partial charge is 0.495 e. The molecule has 0 aliphatic carbocycles. The van der Waals surface area contributed by atoms with Crippen LogP contribution in [0.15, 0.2) is 23.3 Å². The molecule has 3 N–H and O–H groups in total. The van der Waals surface area contributed by atoms with Gasteiger partial charge < -0.3 is 10.5 Å².